The van der Waals surface area contributed by atoms with Crippen molar-refractivity contribution in [3.8, 4) is 0 Å². The Morgan fingerprint density at radius 1 is 1.18 bits per heavy atom. The third kappa shape index (κ3) is 2.46. The van der Waals surface area contributed by atoms with Crippen LogP contribution in [0.15, 0.2) is 16.6 Å². The lowest BCUT2D eigenvalue weighted by Gasteiger charge is -2.47. The molecule has 17 heavy (non-hydrogen) atoms. The molecule has 0 radical (unpaired) electrons. The van der Waals surface area contributed by atoms with Gasteiger partial charge >= 0.3 is 0 Å². The van der Waals surface area contributed by atoms with E-state index in [0.717, 1.165) is 13.1 Å². The van der Waals surface area contributed by atoms with Crippen molar-refractivity contribution in [1.82, 2.24) is 0 Å². The number of anilines is 1. The summed E-state index contributed by atoms with van der Waals surface area (Å²) in [6.45, 7) is 7.91. The fraction of sp³-hybridized carbons (Fsp3) is 0.538. The molecule has 1 aromatic carbocycles. The van der Waals surface area contributed by atoms with Gasteiger partial charge in [-0.25, -0.2) is 8.78 Å². The molecule has 1 saturated heterocycles. The first-order valence-corrected chi connectivity index (χ1v) is 6.48. The van der Waals surface area contributed by atoms with Gasteiger partial charge in [-0.2, -0.15) is 0 Å². The van der Waals surface area contributed by atoms with Crippen molar-refractivity contribution in [1.29, 1.82) is 0 Å². The quantitative estimate of drug-likeness (QED) is 0.751. The fourth-order valence-corrected chi connectivity index (χ4v) is 2.45. The largest absolute Gasteiger partial charge is 0.366 e. The van der Waals surface area contributed by atoms with E-state index in [1.165, 1.54) is 12.1 Å². The van der Waals surface area contributed by atoms with E-state index in [4.69, 9.17) is 0 Å². The highest BCUT2D eigenvalue weighted by Gasteiger charge is 2.37. The number of hydrogen-bond acceptors (Lipinski definition) is 1. The molecule has 0 atom stereocenters. The van der Waals surface area contributed by atoms with Gasteiger partial charge in [0.2, 0.25) is 0 Å². The van der Waals surface area contributed by atoms with Crippen LogP contribution in [0.4, 0.5) is 14.5 Å². The summed E-state index contributed by atoms with van der Waals surface area (Å²) < 4.78 is 27.8. The summed E-state index contributed by atoms with van der Waals surface area (Å²) in [5.41, 5.74) is 0.299. The zero-order chi connectivity index (χ0) is 12.8. The summed E-state index contributed by atoms with van der Waals surface area (Å²) >= 11 is 3.08. The van der Waals surface area contributed by atoms with Crippen LogP contribution in [0.3, 0.4) is 0 Å². The molecule has 1 nitrogen and oxygen atoms in total. The molecule has 1 aliphatic heterocycles. The van der Waals surface area contributed by atoms with Crippen LogP contribution in [0.1, 0.15) is 20.8 Å². The zero-order valence-corrected chi connectivity index (χ0v) is 11.8. The predicted octanol–water partition coefficient (Wildman–Crippen LogP) is 4.21. The lowest BCUT2D eigenvalue weighted by Crippen LogP contribution is -2.52. The van der Waals surface area contributed by atoms with E-state index in [1.54, 1.807) is 4.90 Å². The Labute approximate surface area is 109 Å². The molecule has 0 unspecified atom stereocenters. The summed E-state index contributed by atoms with van der Waals surface area (Å²) in [5, 5.41) is 0. The predicted molar refractivity (Wildman–Crippen MR) is 69.2 cm³/mol. The number of nitrogens with zero attached hydrogens (tertiary/aromatic N) is 1. The molecule has 0 saturated carbocycles. The van der Waals surface area contributed by atoms with E-state index in [9.17, 15) is 8.78 Å². The molecule has 0 N–H and O–H groups in total. The van der Waals surface area contributed by atoms with Crippen LogP contribution in [-0.2, 0) is 0 Å². The van der Waals surface area contributed by atoms with Crippen LogP contribution in [0.2, 0.25) is 0 Å². The van der Waals surface area contributed by atoms with Crippen molar-refractivity contribution in [3.05, 3.63) is 28.2 Å². The van der Waals surface area contributed by atoms with Crippen molar-refractivity contribution in [2.24, 2.45) is 11.3 Å². The van der Waals surface area contributed by atoms with Crippen molar-refractivity contribution in [2.45, 2.75) is 20.8 Å². The highest BCUT2D eigenvalue weighted by molar-refractivity contribution is 9.10. The maximum Gasteiger partial charge on any atom is 0.150 e. The third-order valence-corrected chi connectivity index (χ3v) is 3.86. The Kier molecular flexibility index (Phi) is 3.19. The first kappa shape index (κ1) is 12.8. The summed E-state index contributed by atoms with van der Waals surface area (Å²) in [5.74, 6) is -0.501. The molecule has 1 aliphatic rings. The van der Waals surface area contributed by atoms with Gasteiger partial charge < -0.3 is 4.90 Å². The van der Waals surface area contributed by atoms with Gasteiger partial charge in [0.25, 0.3) is 0 Å². The van der Waals surface area contributed by atoms with Crippen molar-refractivity contribution in [2.75, 3.05) is 18.0 Å². The number of hydrogen-bond donors (Lipinski definition) is 0. The molecule has 0 aliphatic carbocycles. The Morgan fingerprint density at radius 3 is 2.06 bits per heavy atom. The van der Waals surface area contributed by atoms with E-state index >= 15 is 0 Å². The van der Waals surface area contributed by atoms with Gasteiger partial charge in [-0.15, -0.1) is 0 Å². The second-order valence-electron chi connectivity index (χ2n) is 5.69. The summed E-state index contributed by atoms with van der Waals surface area (Å²) in [4.78, 5) is 1.77. The number of benzene rings is 1. The maximum atomic E-state index is 13.7. The molecule has 94 valence electrons. The topological polar surface area (TPSA) is 3.24 Å². The standard InChI is InChI=1S/C13H16BrF2N/c1-13(2,3)8-6-17(7-8)12-10(15)4-9(14)5-11(12)16/h4-5,8H,6-7H2,1-3H3. The first-order chi connectivity index (χ1) is 7.79. The zero-order valence-electron chi connectivity index (χ0n) is 10.2. The highest BCUT2D eigenvalue weighted by atomic mass is 79.9. The maximum absolute atomic E-state index is 13.7. The Morgan fingerprint density at radius 2 is 1.65 bits per heavy atom. The van der Waals surface area contributed by atoms with Gasteiger partial charge in [0.15, 0.2) is 11.6 Å². The van der Waals surface area contributed by atoms with E-state index in [-0.39, 0.29) is 11.1 Å². The van der Waals surface area contributed by atoms with Crippen LogP contribution < -0.4 is 4.90 Å². The average Bonchev–Trinajstić information content (AvgIpc) is 2.04. The van der Waals surface area contributed by atoms with Crippen molar-refractivity contribution in [3.63, 3.8) is 0 Å². The normalized spacial score (nSPS) is 17.2. The molecule has 0 amide bonds. The van der Waals surface area contributed by atoms with Gasteiger partial charge in [-0.1, -0.05) is 36.7 Å². The second-order valence-corrected chi connectivity index (χ2v) is 6.60. The minimum atomic E-state index is -0.496. The molecular formula is C13H16BrF2N. The van der Waals surface area contributed by atoms with Gasteiger partial charge in [0, 0.05) is 17.6 Å². The SMILES string of the molecule is CC(C)(C)C1CN(c2c(F)cc(Br)cc2F)C1. The molecule has 1 fully saturated rings. The first-order valence-electron chi connectivity index (χ1n) is 5.68. The van der Waals surface area contributed by atoms with Gasteiger partial charge in [0.1, 0.15) is 5.69 Å². The van der Waals surface area contributed by atoms with Crippen molar-refractivity contribution >= 4 is 21.6 Å². The Hall–Kier alpha value is -0.640. The molecule has 1 heterocycles. The minimum Gasteiger partial charge on any atom is -0.366 e. The molecule has 2 rings (SSSR count). The van der Waals surface area contributed by atoms with Crippen LogP contribution >= 0.6 is 15.9 Å². The smallest absolute Gasteiger partial charge is 0.150 e. The number of halogens is 3. The third-order valence-electron chi connectivity index (χ3n) is 3.40. The lowest BCUT2D eigenvalue weighted by atomic mass is 9.76. The van der Waals surface area contributed by atoms with Crippen LogP contribution in [0.5, 0.6) is 0 Å². The molecule has 4 heteroatoms. The van der Waals surface area contributed by atoms with Crippen molar-refractivity contribution < 1.29 is 8.78 Å². The van der Waals surface area contributed by atoms with E-state index in [0.29, 0.717) is 10.4 Å². The van der Waals surface area contributed by atoms with E-state index < -0.39 is 11.6 Å². The number of rotatable bonds is 1. The van der Waals surface area contributed by atoms with Crippen LogP contribution in [0, 0.1) is 23.0 Å². The van der Waals surface area contributed by atoms with Gasteiger partial charge in [0.05, 0.1) is 0 Å². The highest BCUT2D eigenvalue weighted by Crippen LogP contribution is 2.38. The fourth-order valence-electron chi connectivity index (χ4n) is 2.05. The van der Waals surface area contributed by atoms with E-state index in [2.05, 4.69) is 36.7 Å². The average molecular weight is 304 g/mol. The van der Waals surface area contributed by atoms with Crippen LogP contribution in [0.25, 0.3) is 0 Å². The molecule has 0 aromatic heterocycles. The Balaban J connectivity index is 2.17. The second kappa shape index (κ2) is 4.23. The van der Waals surface area contributed by atoms with Crippen LogP contribution in [-0.4, -0.2) is 13.1 Å². The van der Waals surface area contributed by atoms with E-state index in [1.807, 2.05) is 0 Å². The summed E-state index contributed by atoms with van der Waals surface area (Å²) in [7, 11) is 0. The monoisotopic (exact) mass is 303 g/mol. The lowest BCUT2D eigenvalue weighted by molar-refractivity contribution is 0.193. The van der Waals surface area contributed by atoms with Gasteiger partial charge in [-0.3, -0.25) is 0 Å². The minimum absolute atomic E-state index is 0.105. The molecule has 0 spiro atoms. The molecular weight excluding hydrogens is 288 g/mol. The van der Waals surface area contributed by atoms with Gasteiger partial charge in [-0.05, 0) is 23.5 Å². The summed E-state index contributed by atoms with van der Waals surface area (Å²) in [6.07, 6.45) is 0. The molecule has 1 aromatic rings. The molecule has 0 bridgehead atoms. The Bertz CT molecular complexity index is 411. The summed E-state index contributed by atoms with van der Waals surface area (Å²) in [6, 6.07) is 2.62.